The summed E-state index contributed by atoms with van der Waals surface area (Å²) in [6.07, 6.45) is 2.38. The SMILES string of the molecule is CC(C)CC(=O)N[C@@H](CCCc1ccccc1)C(=O)O. The van der Waals surface area contributed by atoms with Gasteiger partial charge >= 0.3 is 5.97 Å². The number of carbonyl (C=O) groups excluding carboxylic acids is 1. The van der Waals surface area contributed by atoms with Gasteiger partial charge in [-0.3, -0.25) is 4.79 Å². The number of amides is 1. The van der Waals surface area contributed by atoms with Gasteiger partial charge in [0.25, 0.3) is 0 Å². The molecule has 0 spiro atoms. The quantitative estimate of drug-likeness (QED) is 0.767. The van der Waals surface area contributed by atoms with Crippen LogP contribution in [0.1, 0.15) is 38.7 Å². The zero-order valence-corrected chi connectivity index (χ0v) is 12.1. The Kier molecular flexibility index (Phi) is 6.77. The summed E-state index contributed by atoms with van der Waals surface area (Å²) < 4.78 is 0. The van der Waals surface area contributed by atoms with Crippen LogP contribution in [0, 0.1) is 5.92 Å². The molecule has 0 unspecified atom stereocenters. The lowest BCUT2D eigenvalue weighted by Crippen LogP contribution is -2.41. The molecule has 1 atom stereocenters. The van der Waals surface area contributed by atoms with E-state index >= 15 is 0 Å². The van der Waals surface area contributed by atoms with E-state index in [1.165, 1.54) is 5.56 Å². The number of rotatable bonds is 8. The molecule has 0 aromatic heterocycles. The first-order chi connectivity index (χ1) is 9.49. The van der Waals surface area contributed by atoms with E-state index in [9.17, 15) is 9.59 Å². The minimum Gasteiger partial charge on any atom is -0.480 e. The smallest absolute Gasteiger partial charge is 0.326 e. The zero-order chi connectivity index (χ0) is 15.0. The molecule has 110 valence electrons. The van der Waals surface area contributed by atoms with Crippen LogP contribution >= 0.6 is 0 Å². The number of aryl methyl sites for hydroxylation is 1. The molecule has 1 aromatic rings. The number of carboxylic acid groups (broad SMARTS) is 1. The average molecular weight is 277 g/mol. The third kappa shape index (κ3) is 6.36. The maximum atomic E-state index is 11.6. The minimum absolute atomic E-state index is 0.188. The van der Waals surface area contributed by atoms with Gasteiger partial charge in [-0.2, -0.15) is 0 Å². The molecular formula is C16H23NO3. The number of benzene rings is 1. The fraction of sp³-hybridized carbons (Fsp3) is 0.500. The highest BCUT2D eigenvalue weighted by Gasteiger charge is 2.19. The van der Waals surface area contributed by atoms with Crippen molar-refractivity contribution in [2.75, 3.05) is 0 Å². The second kappa shape index (κ2) is 8.35. The lowest BCUT2D eigenvalue weighted by Gasteiger charge is -2.15. The summed E-state index contributed by atoms with van der Waals surface area (Å²) in [5.74, 6) is -0.920. The Balaban J connectivity index is 2.39. The number of hydrogen-bond donors (Lipinski definition) is 2. The number of nitrogens with one attached hydrogen (secondary N) is 1. The van der Waals surface area contributed by atoms with Crippen molar-refractivity contribution in [1.82, 2.24) is 5.32 Å². The molecule has 0 aliphatic heterocycles. The lowest BCUT2D eigenvalue weighted by molar-refractivity contribution is -0.142. The van der Waals surface area contributed by atoms with Crippen LogP contribution in [0.4, 0.5) is 0 Å². The molecule has 4 nitrogen and oxygen atoms in total. The second-order valence-corrected chi connectivity index (χ2v) is 5.43. The molecule has 1 aromatic carbocycles. The highest BCUT2D eigenvalue weighted by molar-refractivity contribution is 5.83. The number of hydrogen-bond acceptors (Lipinski definition) is 2. The van der Waals surface area contributed by atoms with Crippen molar-refractivity contribution in [3.8, 4) is 0 Å². The summed E-state index contributed by atoms with van der Waals surface area (Å²) >= 11 is 0. The van der Waals surface area contributed by atoms with Crippen LogP contribution in [0.15, 0.2) is 30.3 Å². The molecule has 4 heteroatoms. The molecule has 20 heavy (non-hydrogen) atoms. The lowest BCUT2D eigenvalue weighted by atomic mass is 10.0. The molecule has 0 heterocycles. The van der Waals surface area contributed by atoms with E-state index in [-0.39, 0.29) is 11.8 Å². The van der Waals surface area contributed by atoms with Crippen LogP contribution in [0.2, 0.25) is 0 Å². The first-order valence-corrected chi connectivity index (χ1v) is 7.05. The normalized spacial score (nSPS) is 12.2. The van der Waals surface area contributed by atoms with Crippen molar-refractivity contribution in [1.29, 1.82) is 0 Å². The van der Waals surface area contributed by atoms with Crippen LogP contribution in [-0.4, -0.2) is 23.0 Å². The molecular weight excluding hydrogens is 254 g/mol. The molecule has 1 rings (SSSR count). The summed E-state index contributed by atoms with van der Waals surface area (Å²) in [5.41, 5.74) is 1.19. The fourth-order valence-corrected chi connectivity index (χ4v) is 2.04. The van der Waals surface area contributed by atoms with Crippen LogP contribution < -0.4 is 5.32 Å². The zero-order valence-electron chi connectivity index (χ0n) is 12.1. The highest BCUT2D eigenvalue weighted by atomic mass is 16.4. The second-order valence-electron chi connectivity index (χ2n) is 5.43. The van der Waals surface area contributed by atoms with E-state index in [4.69, 9.17) is 5.11 Å². The van der Waals surface area contributed by atoms with Crippen molar-refractivity contribution < 1.29 is 14.7 Å². The van der Waals surface area contributed by atoms with Crippen molar-refractivity contribution in [2.45, 2.75) is 45.6 Å². The average Bonchev–Trinajstić information content (AvgIpc) is 2.37. The van der Waals surface area contributed by atoms with Gasteiger partial charge in [-0.25, -0.2) is 4.79 Å². The molecule has 0 bridgehead atoms. The summed E-state index contributed by atoms with van der Waals surface area (Å²) in [4.78, 5) is 22.8. The van der Waals surface area contributed by atoms with E-state index in [0.717, 1.165) is 12.8 Å². The predicted octanol–water partition coefficient (Wildman–Crippen LogP) is 2.62. The number of aliphatic carboxylic acids is 1. The molecule has 0 aliphatic carbocycles. The van der Waals surface area contributed by atoms with Crippen molar-refractivity contribution in [2.24, 2.45) is 5.92 Å². The molecule has 1 amide bonds. The van der Waals surface area contributed by atoms with Gasteiger partial charge in [0.1, 0.15) is 6.04 Å². The monoisotopic (exact) mass is 277 g/mol. The Hall–Kier alpha value is -1.84. The van der Waals surface area contributed by atoms with Gasteiger partial charge in [-0.1, -0.05) is 44.2 Å². The molecule has 0 saturated carbocycles. The summed E-state index contributed by atoms with van der Waals surface area (Å²) in [6.45, 7) is 3.87. The fourth-order valence-electron chi connectivity index (χ4n) is 2.04. The summed E-state index contributed by atoms with van der Waals surface area (Å²) in [5, 5.41) is 11.7. The molecule has 0 aliphatic rings. The Bertz CT molecular complexity index is 429. The maximum absolute atomic E-state index is 11.6. The Labute approximate surface area is 120 Å². The van der Waals surface area contributed by atoms with Gasteiger partial charge in [0, 0.05) is 6.42 Å². The van der Waals surface area contributed by atoms with Crippen molar-refractivity contribution >= 4 is 11.9 Å². The first kappa shape index (κ1) is 16.2. The van der Waals surface area contributed by atoms with E-state index in [2.05, 4.69) is 5.32 Å². The minimum atomic E-state index is -0.963. The third-order valence-corrected chi connectivity index (χ3v) is 3.03. The van der Waals surface area contributed by atoms with Gasteiger partial charge in [-0.05, 0) is 30.7 Å². The van der Waals surface area contributed by atoms with Crippen molar-refractivity contribution in [3.63, 3.8) is 0 Å². The van der Waals surface area contributed by atoms with Gasteiger partial charge in [0.2, 0.25) is 5.91 Å². The largest absolute Gasteiger partial charge is 0.480 e. The van der Waals surface area contributed by atoms with Crippen LogP contribution in [-0.2, 0) is 16.0 Å². The number of carboxylic acids is 1. The van der Waals surface area contributed by atoms with Gasteiger partial charge < -0.3 is 10.4 Å². The van der Waals surface area contributed by atoms with Crippen LogP contribution in [0.3, 0.4) is 0 Å². The molecule has 0 fully saturated rings. The molecule has 0 radical (unpaired) electrons. The third-order valence-electron chi connectivity index (χ3n) is 3.03. The standard InChI is InChI=1S/C16H23NO3/c1-12(2)11-15(18)17-14(16(19)20)10-6-9-13-7-4-3-5-8-13/h3-5,7-8,12,14H,6,9-11H2,1-2H3,(H,17,18)(H,19,20)/t14-/m0/s1. The maximum Gasteiger partial charge on any atom is 0.326 e. The van der Waals surface area contributed by atoms with E-state index in [1.54, 1.807) is 0 Å². The Morgan fingerprint density at radius 1 is 1.20 bits per heavy atom. The van der Waals surface area contributed by atoms with Crippen LogP contribution in [0.25, 0.3) is 0 Å². The predicted molar refractivity (Wildman–Crippen MR) is 78.4 cm³/mol. The molecule has 0 saturated heterocycles. The van der Waals surface area contributed by atoms with Gasteiger partial charge in [0.15, 0.2) is 0 Å². The summed E-state index contributed by atoms with van der Waals surface area (Å²) in [6, 6.07) is 9.14. The van der Waals surface area contributed by atoms with Crippen LogP contribution in [0.5, 0.6) is 0 Å². The first-order valence-electron chi connectivity index (χ1n) is 7.05. The summed E-state index contributed by atoms with van der Waals surface area (Å²) in [7, 11) is 0. The number of carbonyl (C=O) groups is 2. The Morgan fingerprint density at radius 2 is 1.85 bits per heavy atom. The van der Waals surface area contributed by atoms with Crippen molar-refractivity contribution in [3.05, 3.63) is 35.9 Å². The highest BCUT2D eigenvalue weighted by Crippen LogP contribution is 2.08. The van der Waals surface area contributed by atoms with Gasteiger partial charge in [-0.15, -0.1) is 0 Å². The van der Waals surface area contributed by atoms with Gasteiger partial charge in [0.05, 0.1) is 0 Å². The van der Waals surface area contributed by atoms with E-state index in [0.29, 0.717) is 12.8 Å². The van der Waals surface area contributed by atoms with E-state index in [1.807, 2.05) is 44.2 Å². The Morgan fingerprint density at radius 3 is 2.40 bits per heavy atom. The topological polar surface area (TPSA) is 66.4 Å². The van der Waals surface area contributed by atoms with E-state index < -0.39 is 12.0 Å². The molecule has 2 N–H and O–H groups in total.